The third-order valence-corrected chi connectivity index (χ3v) is 6.76. The highest BCUT2D eigenvalue weighted by Crippen LogP contribution is 2.25. The molecule has 0 bridgehead atoms. The molecule has 7 heteroatoms. The van der Waals surface area contributed by atoms with Gasteiger partial charge >= 0.3 is 0 Å². The molecule has 1 aromatic carbocycles. The second kappa shape index (κ2) is 8.64. The minimum absolute atomic E-state index is 0.0367. The predicted molar refractivity (Wildman–Crippen MR) is 111 cm³/mol. The molecule has 2 aliphatic heterocycles. The molecule has 0 saturated carbocycles. The number of carbonyl (C=O) groups excluding carboxylic acids is 2. The van der Waals surface area contributed by atoms with Crippen molar-refractivity contribution in [2.75, 3.05) is 32.7 Å². The standard InChI is InChI=1S/C21H24ClN3O2S/c22-19-6-2-1-4-16(19)13-25-14-17(12-20(25)26)21(27)24-9-7-23(8-10-24)15-18-5-3-11-28-18/h1-6,11,17H,7-10,12-15H2. The van der Waals surface area contributed by atoms with Gasteiger partial charge in [0.2, 0.25) is 11.8 Å². The first-order chi connectivity index (χ1) is 13.6. The Hall–Kier alpha value is -1.89. The fraction of sp³-hybridized carbons (Fsp3) is 0.429. The average Bonchev–Trinajstić information content (AvgIpc) is 3.34. The summed E-state index contributed by atoms with van der Waals surface area (Å²) < 4.78 is 0. The largest absolute Gasteiger partial charge is 0.340 e. The normalized spacial score (nSPS) is 20.8. The zero-order valence-electron chi connectivity index (χ0n) is 15.7. The Bertz CT molecular complexity index is 834. The van der Waals surface area contributed by atoms with Crippen LogP contribution in [0.15, 0.2) is 41.8 Å². The summed E-state index contributed by atoms with van der Waals surface area (Å²) in [4.78, 5) is 32.8. The van der Waals surface area contributed by atoms with Crippen LogP contribution in [-0.2, 0) is 22.7 Å². The lowest BCUT2D eigenvalue weighted by molar-refractivity contribution is -0.137. The zero-order chi connectivity index (χ0) is 19.5. The molecule has 2 saturated heterocycles. The van der Waals surface area contributed by atoms with Crippen molar-refractivity contribution in [3.05, 3.63) is 57.2 Å². The second-order valence-corrected chi connectivity index (χ2v) is 8.89. The van der Waals surface area contributed by atoms with E-state index in [9.17, 15) is 9.59 Å². The maximum atomic E-state index is 12.9. The summed E-state index contributed by atoms with van der Waals surface area (Å²) in [5.41, 5.74) is 0.924. The Kier molecular flexibility index (Phi) is 5.99. The van der Waals surface area contributed by atoms with E-state index in [0.717, 1.165) is 38.3 Å². The highest BCUT2D eigenvalue weighted by atomic mass is 35.5. The molecule has 2 fully saturated rings. The molecule has 0 spiro atoms. The van der Waals surface area contributed by atoms with Gasteiger partial charge in [0.1, 0.15) is 0 Å². The molecule has 2 aromatic rings. The molecular weight excluding hydrogens is 394 g/mol. The smallest absolute Gasteiger partial charge is 0.228 e. The first kappa shape index (κ1) is 19.4. The van der Waals surface area contributed by atoms with Crippen LogP contribution in [0.1, 0.15) is 16.9 Å². The third-order valence-electron chi connectivity index (χ3n) is 5.53. The molecule has 1 aromatic heterocycles. The summed E-state index contributed by atoms with van der Waals surface area (Å²) in [6.45, 7) is 5.14. The lowest BCUT2D eigenvalue weighted by Crippen LogP contribution is -2.50. The maximum absolute atomic E-state index is 12.9. The fourth-order valence-electron chi connectivity index (χ4n) is 3.93. The molecule has 2 amide bonds. The van der Waals surface area contributed by atoms with Gasteiger partial charge in [-0.25, -0.2) is 0 Å². The molecule has 0 aliphatic carbocycles. The molecule has 1 unspecified atom stereocenters. The number of hydrogen-bond donors (Lipinski definition) is 0. The Morgan fingerprint density at radius 2 is 1.86 bits per heavy atom. The van der Waals surface area contributed by atoms with Gasteiger partial charge in [-0.1, -0.05) is 35.9 Å². The topological polar surface area (TPSA) is 43.9 Å². The SMILES string of the molecule is O=C1CC(C(=O)N2CCN(Cc3cccs3)CC2)CN1Cc1ccccc1Cl. The van der Waals surface area contributed by atoms with Crippen LogP contribution in [0.25, 0.3) is 0 Å². The molecule has 4 rings (SSSR count). The van der Waals surface area contributed by atoms with E-state index in [0.29, 0.717) is 24.5 Å². The van der Waals surface area contributed by atoms with Crippen LogP contribution < -0.4 is 0 Å². The highest BCUT2D eigenvalue weighted by Gasteiger charge is 2.37. The second-order valence-electron chi connectivity index (χ2n) is 7.45. The molecule has 148 valence electrons. The van der Waals surface area contributed by atoms with Gasteiger partial charge in [0.15, 0.2) is 0 Å². The monoisotopic (exact) mass is 417 g/mol. The van der Waals surface area contributed by atoms with E-state index >= 15 is 0 Å². The van der Waals surface area contributed by atoms with Crippen LogP contribution in [0.3, 0.4) is 0 Å². The van der Waals surface area contributed by atoms with Crippen LogP contribution >= 0.6 is 22.9 Å². The molecule has 2 aliphatic rings. The van der Waals surface area contributed by atoms with Crippen LogP contribution in [0, 0.1) is 5.92 Å². The van der Waals surface area contributed by atoms with Gasteiger partial charge in [-0.15, -0.1) is 11.3 Å². The number of halogens is 1. The van der Waals surface area contributed by atoms with Crippen LogP contribution in [-0.4, -0.2) is 59.2 Å². The van der Waals surface area contributed by atoms with Crippen molar-refractivity contribution in [3.63, 3.8) is 0 Å². The zero-order valence-corrected chi connectivity index (χ0v) is 17.3. The van der Waals surface area contributed by atoms with Gasteiger partial charge in [0.05, 0.1) is 5.92 Å². The fourth-order valence-corrected chi connectivity index (χ4v) is 4.87. The van der Waals surface area contributed by atoms with E-state index in [1.165, 1.54) is 4.88 Å². The van der Waals surface area contributed by atoms with E-state index in [-0.39, 0.29) is 17.7 Å². The highest BCUT2D eigenvalue weighted by molar-refractivity contribution is 7.09. The van der Waals surface area contributed by atoms with E-state index in [1.807, 2.05) is 29.2 Å². The first-order valence-corrected chi connectivity index (χ1v) is 10.9. The van der Waals surface area contributed by atoms with Crippen molar-refractivity contribution < 1.29 is 9.59 Å². The summed E-state index contributed by atoms with van der Waals surface area (Å²) in [7, 11) is 0. The summed E-state index contributed by atoms with van der Waals surface area (Å²) in [6.07, 6.45) is 0.304. The van der Waals surface area contributed by atoms with Crippen molar-refractivity contribution >= 4 is 34.8 Å². The molecule has 1 atom stereocenters. The maximum Gasteiger partial charge on any atom is 0.228 e. The van der Waals surface area contributed by atoms with E-state index in [1.54, 1.807) is 16.2 Å². The molecular formula is C21H24ClN3O2S. The van der Waals surface area contributed by atoms with Gasteiger partial charge < -0.3 is 9.80 Å². The number of rotatable bonds is 5. The molecule has 0 radical (unpaired) electrons. The minimum Gasteiger partial charge on any atom is -0.340 e. The Morgan fingerprint density at radius 3 is 2.57 bits per heavy atom. The summed E-state index contributed by atoms with van der Waals surface area (Å²) in [5, 5.41) is 2.76. The van der Waals surface area contributed by atoms with Gasteiger partial charge in [0, 0.05) is 62.1 Å². The molecule has 0 N–H and O–H groups in total. The van der Waals surface area contributed by atoms with E-state index < -0.39 is 0 Å². The van der Waals surface area contributed by atoms with Crippen LogP contribution in [0.4, 0.5) is 0 Å². The lowest BCUT2D eigenvalue weighted by atomic mass is 10.1. The molecule has 3 heterocycles. The van der Waals surface area contributed by atoms with Gasteiger partial charge in [-0.05, 0) is 23.1 Å². The van der Waals surface area contributed by atoms with E-state index in [2.05, 4.69) is 22.4 Å². The minimum atomic E-state index is -0.237. The van der Waals surface area contributed by atoms with Crippen LogP contribution in [0.2, 0.25) is 5.02 Å². The summed E-state index contributed by atoms with van der Waals surface area (Å²) >= 11 is 7.99. The van der Waals surface area contributed by atoms with Crippen molar-refractivity contribution in [2.45, 2.75) is 19.5 Å². The predicted octanol–water partition coefficient (Wildman–Crippen LogP) is 3.09. The van der Waals surface area contributed by atoms with Gasteiger partial charge in [-0.3, -0.25) is 14.5 Å². The van der Waals surface area contributed by atoms with E-state index in [4.69, 9.17) is 11.6 Å². The van der Waals surface area contributed by atoms with Crippen LogP contribution in [0.5, 0.6) is 0 Å². The number of piperazine rings is 1. The average molecular weight is 418 g/mol. The van der Waals surface area contributed by atoms with Gasteiger partial charge in [0.25, 0.3) is 0 Å². The number of benzene rings is 1. The number of nitrogens with zero attached hydrogens (tertiary/aromatic N) is 3. The number of thiophene rings is 1. The van der Waals surface area contributed by atoms with Crippen molar-refractivity contribution in [2.24, 2.45) is 5.92 Å². The number of hydrogen-bond acceptors (Lipinski definition) is 4. The third kappa shape index (κ3) is 4.40. The Morgan fingerprint density at radius 1 is 1.07 bits per heavy atom. The van der Waals surface area contributed by atoms with Gasteiger partial charge in [-0.2, -0.15) is 0 Å². The Labute approximate surface area is 174 Å². The molecule has 5 nitrogen and oxygen atoms in total. The number of amides is 2. The van der Waals surface area contributed by atoms with Crippen molar-refractivity contribution in [1.82, 2.24) is 14.7 Å². The molecule has 28 heavy (non-hydrogen) atoms. The Balaban J connectivity index is 1.29. The number of likely N-dealkylation sites (tertiary alicyclic amines) is 1. The quantitative estimate of drug-likeness (QED) is 0.750. The van der Waals surface area contributed by atoms with Crippen molar-refractivity contribution in [3.8, 4) is 0 Å². The summed E-state index contributed by atoms with van der Waals surface area (Å²) in [6, 6.07) is 11.8. The summed E-state index contributed by atoms with van der Waals surface area (Å²) in [5.74, 6) is -0.0841. The first-order valence-electron chi connectivity index (χ1n) is 9.65. The number of carbonyl (C=O) groups is 2. The lowest BCUT2D eigenvalue weighted by Gasteiger charge is -2.35. The van der Waals surface area contributed by atoms with Crippen molar-refractivity contribution in [1.29, 1.82) is 0 Å².